The SMILES string of the molecule is Cc1nc(-c2ccc3[nH]cc(CC4CCN(Cc5ccccc5)C4)c3c2)no1. The number of fused-ring (bicyclic) bond motifs is 1. The maximum absolute atomic E-state index is 5.14. The van der Waals surface area contributed by atoms with Gasteiger partial charge in [0.15, 0.2) is 0 Å². The van der Waals surface area contributed by atoms with Gasteiger partial charge < -0.3 is 9.51 Å². The lowest BCUT2D eigenvalue weighted by molar-refractivity contribution is 0.316. The summed E-state index contributed by atoms with van der Waals surface area (Å²) in [5.74, 6) is 1.94. The summed E-state index contributed by atoms with van der Waals surface area (Å²) in [6.45, 7) is 5.20. The zero-order chi connectivity index (χ0) is 18.9. The van der Waals surface area contributed by atoms with Crippen LogP contribution in [0.4, 0.5) is 0 Å². The molecule has 2 aromatic carbocycles. The molecular formula is C23H24N4O. The molecule has 4 aromatic rings. The molecule has 1 aliphatic heterocycles. The van der Waals surface area contributed by atoms with Crippen molar-refractivity contribution in [3.05, 3.63) is 71.7 Å². The molecule has 1 fully saturated rings. The topological polar surface area (TPSA) is 58.0 Å². The van der Waals surface area contributed by atoms with Crippen LogP contribution in [0.3, 0.4) is 0 Å². The van der Waals surface area contributed by atoms with E-state index in [-0.39, 0.29) is 0 Å². The van der Waals surface area contributed by atoms with Crippen molar-refractivity contribution >= 4 is 10.9 Å². The molecule has 2 aromatic heterocycles. The van der Waals surface area contributed by atoms with Crippen LogP contribution in [0, 0.1) is 12.8 Å². The number of hydrogen-bond donors (Lipinski definition) is 1. The summed E-state index contributed by atoms with van der Waals surface area (Å²) in [5, 5.41) is 5.32. The van der Waals surface area contributed by atoms with Crippen LogP contribution in [0.5, 0.6) is 0 Å². The molecule has 5 nitrogen and oxygen atoms in total. The lowest BCUT2D eigenvalue weighted by Crippen LogP contribution is -2.20. The third kappa shape index (κ3) is 3.45. The second kappa shape index (κ2) is 7.24. The molecule has 5 rings (SSSR count). The summed E-state index contributed by atoms with van der Waals surface area (Å²) < 4.78 is 5.14. The first-order valence-corrected chi connectivity index (χ1v) is 9.91. The molecule has 1 unspecified atom stereocenters. The number of aryl methyl sites for hydroxylation is 1. The van der Waals surface area contributed by atoms with Gasteiger partial charge in [0, 0.05) is 42.7 Å². The van der Waals surface area contributed by atoms with E-state index in [9.17, 15) is 0 Å². The minimum atomic E-state index is 0.592. The van der Waals surface area contributed by atoms with Gasteiger partial charge in [0.25, 0.3) is 0 Å². The van der Waals surface area contributed by atoms with Gasteiger partial charge in [-0.2, -0.15) is 4.98 Å². The van der Waals surface area contributed by atoms with Crippen LogP contribution >= 0.6 is 0 Å². The van der Waals surface area contributed by atoms with Crippen LogP contribution in [0.15, 0.2) is 59.3 Å². The fourth-order valence-electron chi connectivity index (χ4n) is 4.28. The van der Waals surface area contributed by atoms with Crippen molar-refractivity contribution in [2.24, 2.45) is 5.92 Å². The molecule has 5 heteroatoms. The Morgan fingerprint density at radius 2 is 2.07 bits per heavy atom. The number of aromatic amines is 1. The molecule has 0 bridgehead atoms. The highest BCUT2D eigenvalue weighted by Crippen LogP contribution is 2.29. The van der Waals surface area contributed by atoms with E-state index in [0.29, 0.717) is 17.6 Å². The summed E-state index contributed by atoms with van der Waals surface area (Å²) >= 11 is 0. The monoisotopic (exact) mass is 372 g/mol. The summed E-state index contributed by atoms with van der Waals surface area (Å²) in [5.41, 5.74) is 4.94. The van der Waals surface area contributed by atoms with Gasteiger partial charge in [-0.3, -0.25) is 4.90 Å². The van der Waals surface area contributed by atoms with Crippen LogP contribution in [-0.4, -0.2) is 33.1 Å². The molecule has 0 saturated carbocycles. The Bertz CT molecular complexity index is 1080. The second-order valence-corrected chi connectivity index (χ2v) is 7.79. The largest absolute Gasteiger partial charge is 0.361 e. The van der Waals surface area contributed by atoms with E-state index in [4.69, 9.17) is 4.52 Å². The summed E-state index contributed by atoms with van der Waals surface area (Å²) in [6, 6.07) is 17.1. The van der Waals surface area contributed by atoms with Gasteiger partial charge in [-0.25, -0.2) is 0 Å². The first-order chi connectivity index (χ1) is 13.7. The molecule has 0 aliphatic carbocycles. The van der Waals surface area contributed by atoms with Gasteiger partial charge in [0.2, 0.25) is 11.7 Å². The Hall–Kier alpha value is -2.92. The van der Waals surface area contributed by atoms with Crippen molar-refractivity contribution in [2.75, 3.05) is 13.1 Å². The van der Waals surface area contributed by atoms with Crippen LogP contribution < -0.4 is 0 Å². The number of hydrogen-bond acceptors (Lipinski definition) is 4. The number of nitrogens with one attached hydrogen (secondary N) is 1. The molecule has 142 valence electrons. The Kier molecular flexibility index (Phi) is 4.45. The van der Waals surface area contributed by atoms with Crippen molar-refractivity contribution in [1.29, 1.82) is 0 Å². The van der Waals surface area contributed by atoms with Crippen LogP contribution in [0.1, 0.15) is 23.4 Å². The normalized spacial score (nSPS) is 17.5. The van der Waals surface area contributed by atoms with Crippen molar-refractivity contribution in [3.8, 4) is 11.4 Å². The lowest BCUT2D eigenvalue weighted by Gasteiger charge is -2.16. The lowest BCUT2D eigenvalue weighted by atomic mass is 9.97. The standard InChI is InChI=1S/C23H24N4O/c1-16-25-23(26-28-16)19-7-8-22-21(12-19)20(13-24-22)11-18-9-10-27(15-18)14-17-5-3-2-4-6-17/h2-8,12-13,18,24H,9-11,14-15H2,1H3. The van der Waals surface area contributed by atoms with Crippen molar-refractivity contribution in [1.82, 2.24) is 20.0 Å². The molecule has 0 spiro atoms. The minimum absolute atomic E-state index is 0.592. The van der Waals surface area contributed by atoms with Crippen LogP contribution in [-0.2, 0) is 13.0 Å². The van der Waals surface area contributed by atoms with E-state index < -0.39 is 0 Å². The van der Waals surface area contributed by atoms with Crippen molar-refractivity contribution in [2.45, 2.75) is 26.3 Å². The predicted molar refractivity (Wildman–Crippen MR) is 110 cm³/mol. The summed E-state index contributed by atoms with van der Waals surface area (Å²) in [4.78, 5) is 10.4. The van der Waals surface area contributed by atoms with Gasteiger partial charge >= 0.3 is 0 Å². The number of aromatic nitrogens is 3. The Morgan fingerprint density at radius 3 is 2.89 bits per heavy atom. The maximum Gasteiger partial charge on any atom is 0.223 e. The highest BCUT2D eigenvalue weighted by atomic mass is 16.5. The van der Waals surface area contributed by atoms with E-state index in [1.165, 1.54) is 29.5 Å². The quantitative estimate of drug-likeness (QED) is 0.557. The zero-order valence-corrected chi connectivity index (χ0v) is 16.1. The third-order valence-electron chi connectivity index (χ3n) is 5.68. The minimum Gasteiger partial charge on any atom is -0.361 e. The number of nitrogens with zero attached hydrogens (tertiary/aromatic N) is 3. The third-order valence-corrected chi connectivity index (χ3v) is 5.68. The van der Waals surface area contributed by atoms with Gasteiger partial charge in [-0.05, 0) is 54.6 Å². The van der Waals surface area contributed by atoms with Crippen molar-refractivity contribution < 1.29 is 4.52 Å². The Labute approximate surface area is 164 Å². The number of H-pyrrole nitrogens is 1. The average Bonchev–Trinajstić information content (AvgIpc) is 3.44. The molecule has 0 radical (unpaired) electrons. The van der Waals surface area contributed by atoms with E-state index in [2.05, 4.69) is 68.7 Å². The fraction of sp³-hybridized carbons (Fsp3) is 0.304. The van der Waals surface area contributed by atoms with E-state index >= 15 is 0 Å². The Morgan fingerprint density at radius 1 is 1.18 bits per heavy atom. The van der Waals surface area contributed by atoms with Gasteiger partial charge in [0.05, 0.1) is 0 Å². The molecule has 28 heavy (non-hydrogen) atoms. The zero-order valence-electron chi connectivity index (χ0n) is 16.1. The van der Waals surface area contributed by atoms with Gasteiger partial charge in [-0.1, -0.05) is 35.5 Å². The van der Waals surface area contributed by atoms with Crippen LogP contribution in [0.25, 0.3) is 22.3 Å². The predicted octanol–water partition coefficient (Wildman–Crippen LogP) is 4.59. The molecule has 0 amide bonds. The van der Waals surface area contributed by atoms with Gasteiger partial charge in [0.1, 0.15) is 0 Å². The molecular weight excluding hydrogens is 348 g/mol. The highest BCUT2D eigenvalue weighted by molar-refractivity contribution is 5.87. The molecule has 1 saturated heterocycles. The number of benzene rings is 2. The molecule has 3 heterocycles. The molecule has 1 atom stereocenters. The smallest absolute Gasteiger partial charge is 0.223 e. The maximum atomic E-state index is 5.14. The van der Waals surface area contributed by atoms with Crippen molar-refractivity contribution in [3.63, 3.8) is 0 Å². The van der Waals surface area contributed by atoms with E-state index in [1.54, 1.807) is 0 Å². The first-order valence-electron chi connectivity index (χ1n) is 9.91. The summed E-state index contributed by atoms with van der Waals surface area (Å²) in [6.07, 6.45) is 4.51. The highest BCUT2D eigenvalue weighted by Gasteiger charge is 2.23. The number of likely N-dealkylation sites (tertiary alicyclic amines) is 1. The Balaban J connectivity index is 1.31. The second-order valence-electron chi connectivity index (χ2n) is 7.79. The molecule has 1 N–H and O–H groups in total. The van der Waals surface area contributed by atoms with E-state index in [0.717, 1.165) is 30.6 Å². The molecule has 1 aliphatic rings. The number of rotatable bonds is 5. The van der Waals surface area contributed by atoms with Crippen LogP contribution in [0.2, 0.25) is 0 Å². The first kappa shape index (κ1) is 17.2. The van der Waals surface area contributed by atoms with E-state index in [1.807, 2.05) is 13.0 Å². The fourth-order valence-corrected chi connectivity index (χ4v) is 4.28. The van der Waals surface area contributed by atoms with Gasteiger partial charge in [-0.15, -0.1) is 0 Å². The average molecular weight is 372 g/mol. The summed E-state index contributed by atoms with van der Waals surface area (Å²) in [7, 11) is 0.